The summed E-state index contributed by atoms with van der Waals surface area (Å²) in [7, 11) is -2.34. The average molecular weight is 333 g/mol. The van der Waals surface area contributed by atoms with Gasteiger partial charge in [-0.2, -0.15) is 8.42 Å². The summed E-state index contributed by atoms with van der Waals surface area (Å²) in [6.07, 6.45) is 5.58. The second-order valence-electron chi connectivity index (χ2n) is 5.82. The van der Waals surface area contributed by atoms with E-state index < -0.39 is 10.2 Å². The van der Waals surface area contributed by atoms with Gasteiger partial charge in [-0.15, -0.1) is 4.40 Å². The molecule has 0 unspecified atom stereocenters. The summed E-state index contributed by atoms with van der Waals surface area (Å²) >= 11 is 0. The third-order valence-electron chi connectivity index (χ3n) is 4.21. The van der Waals surface area contributed by atoms with Crippen molar-refractivity contribution < 1.29 is 13.2 Å². The Balaban J connectivity index is 1.88. The summed E-state index contributed by atoms with van der Waals surface area (Å²) < 4.78 is 27.9. The fourth-order valence-electron chi connectivity index (χ4n) is 2.94. The second kappa shape index (κ2) is 5.81. The molecule has 0 bridgehead atoms. The van der Waals surface area contributed by atoms with Gasteiger partial charge >= 0.3 is 10.2 Å². The summed E-state index contributed by atoms with van der Waals surface area (Å²) in [4.78, 5) is 12.5. The highest BCUT2D eigenvalue weighted by Crippen LogP contribution is 2.28. The van der Waals surface area contributed by atoms with E-state index in [1.165, 1.54) is 37.7 Å². The van der Waals surface area contributed by atoms with Crippen LogP contribution in [0.4, 0.5) is 5.69 Å². The SMILES string of the molecule is CC1=NS(=O)(=O)N(C)C=C1C(=O)Nc1cccc2c1CCCC2. The predicted octanol–water partition coefficient (Wildman–Crippen LogP) is 2.04. The highest BCUT2D eigenvalue weighted by atomic mass is 32.2. The maximum absolute atomic E-state index is 12.5. The summed E-state index contributed by atoms with van der Waals surface area (Å²) in [5, 5.41) is 2.91. The molecular formula is C16H19N3O3S. The molecule has 7 heteroatoms. The Labute approximate surface area is 136 Å². The van der Waals surface area contributed by atoms with Gasteiger partial charge in [0.1, 0.15) is 0 Å². The van der Waals surface area contributed by atoms with E-state index >= 15 is 0 Å². The van der Waals surface area contributed by atoms with Crippen LogP contribution in [-0.2, 0) is 27.8 Å². The zero-order valence-electron chi connectivity index (χ0n) is 13.2. The minimum absolute atomic E-state index is 0.199. The molecule has 0 saturated carbocycles. The zero-order chi connectivity index (χ0) is 16.6. The number of carbonyl (C=O) groups is 1. The minimum atomic E-state index is -3.70. The number of nitrogens with zero attached hydrogens (tertiary/aromatic N) is 2. The van der Waals surface area contributed by atoms with E-state index in [9.17, 15) is 13.2 Å². The number of benzene rings is 1. The molecule has 122 valence electrons. The van der Waals surface area contributed by atoms with Crippen LogP contribution in [0, 0.1) is 0 Å². The quantitative estimate of drug-likeness (QED) is 0.899. The number of fused-ring (bicyclic) bond motifs is 1. The maximum Gasteiger partial charge on any atom is 0.344 e. The number of nitrogens with one attached hydrogen (secondary N) is 1. The molecule has 1 aromatic rings. The van der Waals surface area contributed by atoms with Crippen LogP contribution in [0.2, 0.25) is 0 Å². The first-order chi connectivity index (χ1) is 10.9. The van der Waals surface area contributed by atoms with Gasteiger partial charge in [0.05, 0.1) is 11.3 Å². The molecule has 1 aromatic carbocycles. The molecule has 0 radical (unpaired) electrons. The number of aryl methyl sites for hydroxylation is 1. The predicted molar refractivity (Wildman–Crippen MR) is 89.6 cm³/mol. The first kappa shape index (κ1) is 15.7. The molecule has 1 N–H and O–H groups in total. The topological polar surface area (TPSA) is 78.8 Å². The van der Waals surface area contributed by atoms with E-state index in [0.717, 1.165) is 29.3 Å². The number of amides is 1. The van der Waals surface area contributed by atoms with Crippen molar-refractivity contribution >= 4 is 27.5 Å². The van der Waals surface area contributed by atoms with Crippen molar-refractivity contribution in [2.24, 2.45) is 4.40 Å². The summed E-state index contributed by atoms with van der Waals surface area (Å²) in [5.41, 5.74) is 3.72. The van der Waals surface area contributed by atoms with Crippen LogP contribution in [0.5, 0.6) is 0 Å². The lowest BCUT2D eigenvalue weighted by atomic mass is 9.90. The fourth-order valence-corrected chi connectivity index (χ4v) is 3.75. The third-order valence-corrected chi connectivity index (χ3v) is 5.54. The molecule has 3 rings (SSSR count). The van der Waals surface area contributed by atoms with Gasteiger partial charge in [-0.25, -0.2) is 0 Å². The van der Waals surface area contributed by atoms with Gasteiger partial charge in [-0.1, -0.05) is 12.1 Å². The van der Waals surface area contributed by atoms with Gasteiger partial charge in [0.2, 0.25) is 0 Å². The number of carbonyl (C=O) groups excluding carboxylic acids is 1. The summed E-state index contributed by atoms with van der Waals surface area (Å²) in [6.45, 7) is 1.52. The molecule has 2 aliphatic rings. The molecule has 1 aliphatic heterocycles. The van der Waals surface area contributed by atoms with E-state index in [2.05, 4.69) is 15.8 Å². The zero-order valence-corrected chi connectivity index (χ0v) is 14.0. The Morgan fingerprint density at radius 3 is 2.78 bits per heavy atom. The normalized spacial score (nSPS) is 19.5. The number of hydrogen-bond acceptors (Lipinski definition) is 3. The summed E-state index contributed by atoms with van der Waals surface area (Å²) in [6, 6.07) is 5.92. The largest absolute Gasteiger partial charge is 0.344 e. The van der Waals surface area contributed by atoms with E-state index in [1.54, 1.807) is 0 Å². The van der Waals surface area contributed by atoms with E-state index in [4.69, 9.17) is 0 Å². The lowest BCUT2D eigenvalue weighted by Crippen LogP contribution is -2.30. The van der Waals surface area contributed by atoms with Crippen molar-refractivity contribution in [3.63, 3.8) is 0 Å². The first-order valence-corrected chi connectivity index (χ1v) is 8.97. The molecule has 0 aromatic heterocycles. The standard InChI is InChI=1S/C16H19N3O3S/c1-11-14(10-19(2)23(21,22)18-11)16(20)17-15-9-5-7-12-6-3-4-8-13(12)15/h5,7,9-10H,3-4,6,8H2,1-2H3,(H,17,20). The van der Waals surface area contributed by atoms with Crippen molar-refractivity contribution in [2.75, 3.05) is 12.4 Å². The number of rotatable bonds is 2. The van der Waals surface area contributed by atoms with E-state index in [0.29, 0.717) is 0 Å². The van der Waals surface area contributed by atoms with Crippen LogP contribution in [0.25, 0.3) is 0 Å². The van der Waals surface area contributed by atoms with Crippen molar-refractivity contribution in [1.82, 2.24) is 4.31 Å². The van der Waals surface area contributed by atoms with Gasteiger partial charge in [0.25, 0.3) is 5.91 Å². The maximum atomic E-state index is 12.5. The van der Waals surface area contributed by atoms with E-state index in [-0.39, 0.29) is 17.2 Å². The molecule has 0 spiro atoms. The number of anilines is 1. The van der Waals surface area contributed by atoms with Crippen molar-refractivity contribution in [3.8, 4) is 0 Å². The molecule has 0 atom stereocenters. The summed E-state index contributed by atoms with van der Waals surface area (Å²) in [5.74, 6) is -0.341. The van der Waals surface area contributed by atoms with Crippen LogP contribution in [-0.4, -0.2) is 31.4 Å². The average Bonchev–Trinajstić information content (AvgIpc) is 2.51. The van der Waals surface area contributed by atoms with Crippen molar-refractivity contribution in [2.45, 2.75) is 32.6 Å². The monoisotopic (exact) mass is 333 g/mol. The van der Waals surface area contributed by atoms with Crippen LogP contribution >= 0.6 is 0 Å². The fraction of sp³-hybridized carbons (Fsp3) is 0.375. The smallest absolute Gasteiger partial charge is 0.322 e. The highest BCUT2D eigenvalue weighted by molar-refractivity contribution is 7.88. The molecule has 1 aliphatic carbocycles. The molecule has 1 heterocycles. The van der Waals surface area contributed by atoms with Gasteiger partial charge in [-0.3, -0.25) is 9.10 Å². The van der Waals surface area contributed by atoms with Gasteiger partial charge < -0.3 is 5.32 Å². The molecule has 6 nitrogen and oxygen atoms in total. The van der Waals surface area contributed by atoms with Crippen LogP contribution in [0.1, 0.15) is 30.9 Å². The Morgan fingerprint density at radius 1 is 1.26 bits per heavy atom. The molecule has 23 heavy (non-hydrogen) atoms. The molecular weight excluding hydrogens is 314 g/mol. The minimum Gasteiger partial charge on any atom is -0.322 e. The molecule has 1 amide bonds. The third kappa shape index (κ3) is 3.01. The van der Waals surface area contributed by atoms with Crippen molar-refractivity contribution in [3.05, 3.63) is 41.1 Å². The lowest BCUT2D eigenvalue weighted by molar-refractivity contribution is -0.112. The van der Waals surface area contributed by atoms with E-state index in [1.807, 2.05) is 12.1 Å². The Bertz CT molecular complexity index is 825. The van der Waals surface area contributed by atoms with Crippen molar-refractivity contribution in [1.29, 1.82) is 0 Å². The first-order valence-electron chi connectivity index (χ1n) is 7.57. The highest BCUT2D eigenvalue weighted by Gasteiger charge is 2.26. The van der Waals surface area contributed by atoms with Crippen LogP contribution in [0.3, 0.4) is 0 Å². The van der Waals surface area contributed by atoms with Gasteiger partial charge in [-0.05, 0) is 49.8 Å². The Morgan fingerprint density at radius 2 is 2.00 bits per heavy atom. The van der Waals surface area contributed by atoms with Crippen LogP contribution < -0.4 is 5.32 Å². The second-order valence-corrected chi connectivity index (χ2v) is 7.47. The lowest BCUT2D eigenvalue weighted by Gasteiger charge is -2.22. The van der Waals surface area contributed by atoms with Gasteiger partial charge in [0, 0.05) is 18.9 Å². The number of hydrogen-bond donors (Lipinski definition) is 1. The Hall–Kier alpha value is -2.15. The van der Waals surface area contributed by atoms with Crippen LogP contribution in [0.15, 0.2) is 34.4 Å². The molecule has 0 saturated heterocycles. The molecule has 0 fully saturated rings. The van der Waals surface area contributed by atoms with Gasteiger partial charge in [0.15, 0.2) is 0 Å². The Kier molecular flexibility index (Phi) is 3.97.